The lowest BCUT2D eigenvalue weighted by molar-refractivity contribution is -0.000335. The smallest absolute Gasteiger partial charge is 0.129 e. The van der Waals surface area contributed by atoms with Crippen LogP contribution in [-0.2, 0) is 17.9 Å². The highest BCUT2D eigenvalue weighted by Crippen LogP contribution is 2.19. The van der Waals surface area contributed by atoms with Gasteiger partial charge in [0.15, 0.2) is 0 Å². The molecule has 6 nitrogen and oxygen atoms in total. The van der Waals surface area contributed by atoms with E-state index in [1.807, 2.05) is 35.3 Å². The number of hydrogen-bond donors (Lipinski definition) is 1. The average molecular weight is 319 g/mol. The number of rotatable bonds is 8. The molecule has 6 heteroatoms. The fraction of sp³-hybridized carbons (Fsp3) is 0.588. The maximum atomic E-state index is 10.1. The van der Waals surface area contributed by atoms with Gasteiger partial charge in [0, 0.05) is 25.5 Å². The van der Waals surface area contributed by atoms with Crippen molar-refractivity contribution >= 4 is 0 Å². The van der Waals surface area contributed by atoms with Gasteiger partial charge in [-0.3, -0.25) is 4.68 Å². The van der Waals surface area contributed by atoms with E-state index >= 15 is 0 Å². The summed E-state index contributed by atoms with van der Waals surface area (Å²) in [4.78, 5) is 2.32. The van der Waals surface area contributed by atoms with Crippen LogP contribution in [0.15, 0.2) is 41.3 Å². The molecule has 3 rings (SSSR count). The van der Waals surface area contributed by atoms with Gasteiger partial charge in [-0.25, -0.2) is 0 Å². The van der Waals surface area contributed by atoms with Gasteiger partial charge in [-0.2, -0.15) is 5.10 Å². The summed E-state index contributed by atoms with van der Waals surface area (Å²) in [7, 11) is 0. The van der Waals surface area contributed by atoms with Gasteiger partial charge in [0.2, 0.25) is 0 Å². The van der Waals surface area contributed by atoms with Crippen molar-refractivity contribution in [3.05, 3.63) is 42.6 Å². The minimum atomic E-state index is -0.451. The van der Waals surface area contributed by atoms with Crippen molar-refractivity contribution in [3.63, 3.8) is 0 Å². The predicted molar refractivity (Wildman–Crippen MR) is 85.8 cm³/mol. The number of furan rings is 1. The average Bonchev–Trinajstić information content (AvgIpc) is 3.23. The molecule has 3 heterocycles. The summed E-state index contributed by atoms with van der Waals surface area (Å²) in [5.41, 5.74) is 0. The number of piperidine rings is 1. The van der Waals surface area contributed by atoms with Gasteiger partial charge in [-0.1, -0.05) is 0 Å². The molecule has 0 aliphatic carbocycles. The standard InChI is InChI=1S/C17H25N3O3/c21-16(13-22-14-17-3-1-10-23-17)12-19-8-4-15(5-9-19)11-20-7-2-6-18-20/h1-3,6-7,10,15-16,21H,4-5,8-9,11-14H2/t16-/m1/s1. The molecule has 0 bridgehead atoms. The van der Waals surface area contributed by atoms with Crippen LogP contribution in [0, 0.1) is 5.92 Å². The van der Waals surface area contributed by atoms with Crippen LogP contribution in [0.1, 0.15) is 18.6 Å². The minimum Gasteiger partial charge on any atom is -0.467 e. The van der Waals surface area contributed by atoms with Crippen molar-refractivity contribution in [1.29, 1.82) is 0 Å². The maximum absolute atomic E-state index is 10.1. The topological polar surface area (TPSA) is 63.7 Å². The molecule has 1 saturated heterocycles. The van der Waals surface area contributed by atoms with E-state index in [1.54, 1.807) is 6.26 Å². The minimum absolute atomic E-state index is 0.341. The van der Waals surface area contributed by atoms with Crippen molar-refractivity contribution in [2.75, 3.05) is 26.2 Å². The van der Waals surface area contributed by atoms with Crippen LogP contribution in [0.5, 0.6) is 0 Å². The largest absolute Gasteiger partial charge is 0.467 e. The highest BCUT2D eigenvalue weighted by molar-refractivity contribution is 4.96. The highest BCUT2D eigenvalue weighted by Gasteiger charge is 2.21. The number of hydrogen-bond acceptors (Lipinski definition) is 5. The summed E-state index contributed by atoms with van der Waals surface area (Å²) >= 11 is 0. The third-order valence-electron chi connectivity index (χ3n) is 4.32. The van der Waals surface area contributed by atoms with Crippen molar-refractivity contribution in [2.24, 2.45) is 5.92 Å². The molecule has 2 aromatic heterocycles. The molecule has 1 fully saturated rings. The van der Waals surface area contributed by atoms with Crippen LogP contribution in [0.3, 0.4) is 0 Å². The second kappa shape index (κ2) is 8.29. The third-order valence-corrected chi connectivity index (χ3v) is 4.32. The van der Waals surface area contributed by atoms with E-state index in [-0.39, 0.29) is 0 Å². The quantitative estimate of drug-likeness (QED) is 0.803. The zero-order chi connectivity index (χ0) is 15.9. The van der Waals surface area contributed by atoms with E-state index in [9.17, 15) is 5.11 Å². The lowest BCUT2D eigenvalue weighted by Gasteiger charge is -2.33. The summed E-state index contributed by atoms with van der Waals surface area (Å²) < 4.78 is 12.7. The Labute approximate surface area is 136 Å². The number of aliphatic hydroxyl groups excluding tert-OH is 1. The molecule has 23 heavy (non-hydrogen) atoms. The summed E-state index contributed by atoms with van der Waals surface area (Å²) in [6.07, 6.45) is 7.33. The van der Waals surface area contributed by atoms with Gasteiger partial charge >= 0.3 is 0 Å². The summed E-state index contributed by atoms with van der Waals surface area (Å²) in [5, 5.41) is 14.4. The van der Waals surface area contributed by atoms with E-state index in [2.05, 4.69) is 10.00 Å². The second-order valence-corrected chi connectivity index (χ2v) is 6.22. The Morgan fingerprint density at radius 1 is 1.35 bits per heavy atom. The van der Waals surface area contributed by atoms with Gasteiger partial charge < -0.3 is 19.2 Å². The van der Waals surface area contributed by atoms with E-state index in [0.29, 0.717) is 25.7 Å². The Morgan fingerprint density at radius 3 is 2.91 bits per heavy atom. The fourth-order valence-electron chi connectivity index (χ4n) is 3.07. The molecule has 0 amide bonds. The molecule has 0 spiro atoms. The van der Waals surface area contributed by atoms with Crippen molar-refractivity contribution in [3.8, 4) is 0 Å². The first-order valence-electron chi connectivity index (χ1n) is 8.27. The maximum Gasteiger partial charge on any atom is 0.129 e. The van der Waals surface area contributed by atoms with Gasteiger partial charge in [-0.15, -0.1) is 0 Å². The first-order valence-corrected chi connectivity index (χ1v) is 8.27. The van der Waals surface area contributed by atoms with Crippen LogP contribution in [0.25, 0.3) is 0 Å². The second-order valence-electron chi connectivity index (χ2n) is 6.22. The first-order chi connectivity index (χ1) is 11.3. The van der Waals surface area contributed by atoms with Crippen LogP contribution in [0.2, 0.25) is 0 Å². The number of aliphatic hydroxyl groups is 1. The summed E-state index contributed by atoms with van der Waals surface area (Å²) in [6.45, 7) is 4.48. The molecular weight excluding hydrogens is 294 g/mol. The van der Waals surface area contributed by atoms with Crippen molar-refractivity contribution < 1.29 is 14.3 Å². The van der Waals surface area contributed by atoms with Crippen LogP contribution < -0.4 is 0 Å². The van der Waals surface area contributed by atoms with Gasteiger partial charge in [0.25, 0.3) is 0 Å². The fourth-order valence-corrected chi connectivity index (χ4v) is 3.07. The van der Waals surface area contributed by atoms with Crippen LogP contribution >= 0.6 is 0 Å². The lowest BCUT2D eigenvalue weighted by Crippen LogP contribution is -2.41. The van der Waals surface area contributed by atoms with Crippen LogP contribution in [0.4, 0.5) is 0 Å². The molecule has 0 saturated carbocycles. The van der Waals surface area contributed by atoms with Crippen molar-refractivity contribution in [2.45, 2.75) is 32.1 Å². The normalized spacial score (nSPS) is 18.3. The van der Waals surface area contributed by atoms with Gasteiger partial charge in [0.05, 0.1) is 19.0 Å². The number of aromatic nitrogens is 2. The Morgan fingerprint density at radius 2 is 2.22 bits per heavy atom. The molecule has 1 aliphatic rings. The zero-order valence-electron chi connectivity index (χ0n) is 13.4. The molecule has 0 aromatic carbocycles. The number of likely N-dealkylation sites (tertiary alicyclic amines) is 1. The number of ether oxygens (including phenoxy) is 1. The molecule has 1 atom stereocenters. The Bertz CT molecular complexity index is 533. The van der Waals surface area contributed by atoms with E-state index < -0.39 is 6.10 Å². The molecule has 0 radical (unpaired) electrons. The van der Waals surface area contributed by atoms with Crippen LogP contribution in [-0.4, -0.2) is 52.1 Å². The van der Waals surface area contributed by atoms with Crippen molar-refractivity contribution in [1.82, 2.24) is 14.7 Å². The summed E-state index contributed by atoms with van der Waals surface area (Å²) in [5.74, 6) is 1.47. The molecule has 0 unspecified atom stereocenters. The third kappa shape index (κ3) is 5.20. The Kier molecular flexibility index (Phi) is 5.85. The van der Waals surface area contributed by atoms with Gasteiger partial charge in [-0.05, 0) is 50.0 Å². The van der Waals surface area contributed by atoms with E-state index in [1.165, 1.54) is 0 Å². The Balaban J connectivity index is 1.30. The van der Waals surface area contributed by atoms with Gasteiger partial charge in [0.1, 0.15) is 12.4 Å². The molecule has 126 valence electrons. The zero-order valence-corrected chi connectivity index (χ0v) is 13.4. The summed E-state index contributed by atoms with van der Waals surface area (Å²) in [6, 6.07) is 5.67. The molecular formula is C17H25N3O3. The highest BCUT2D eigenvalue weighted by atomic mass is 16.5. The lowest BCUT2D eigenvalue weighted by atomic mass is 9.96. The predicted octanol–water partition coefficient (Wildman–Crippen LogP) is 1.77. The molecule has 1 aliphatic heterocycles. The molecule has 2 aromatic rings. The monoisotopic (exact) mass is 319 g/mol. The SMILES string of the molecule is O[C@@H](COCc1ccco1)CN1CCC(Cn2cccn2)CC1. The van der Waals surface area contributed by atoms with E-state index in [4.69, 9.17) is 9.15 Å². The Hall–Kier alpha value is -1.63. The van der Waals surface area contributed by atoms with E-state index in [0.717, 1.165) is 38.2 Å². The number of β-amino-alcohol motifs (C(OH)–C–C–N with tert-alkyl or cyclic N) is 1. The molecule has 1 N–H and O–H groups in total. The first kappa shape index (κ1) is 16.2. The number of nitrogens with zero attached hydrogens (tertiary/aromatic N) is 3.